The van der Waals surface area contributed by atoms with E-state index in [-0.39, 0.29) is 5.91 Å². The second kappa shape index (κ2) is 8.38. The number of anilines is 1. The molecule has 1 unspecified atom stereocenters. The number of halogens is 1. The Balaban J connectivity index is 1.64. The summed E-state index contributed by atoms with van der Waals surface area (Å²) in [5.74, 6) is -0.178. The number of rotatable bonds is 5. The molecule has 4 rings (SSSR count). The molecule has 0 bridgehead atoms. The Kier molecular flexibility index (Phi) is 5.51. The number of carbonyl (C=O) groups is 1. The van der Waals surface area contributed by atoms with Crippen LogP contribution in [0.15, 0.2) is 83.9 Å². The van der Waals surface area contributed by atoms with Gasteiger partial charge in [-0.2, -0.15) is 0 Å². The molecule has 0 aliphatic carbocycles. The van der Waals surface area contributed by atoms with E-state index in [0.29, 0.717) is 17.3 Å². The van der Waals surface area contributed by atoms with Gasteiger partial charge in [-0.1, -0.05) is 72.3 Å². The van der Waals surface area contributed by atoms with Gasteiger partial charge in [-0.3, -0.25) is 15.1 Å². The zero-order valence-corrected chi connectivity index (χ0v) is 16.0. The van der Waals surface area contributed by atoms with Crippen molar-refractivity contribution in [3.8, 4) is 0 Å². The van der Waals surface area contributed by atoms with E-state index in [1.165, 1.54) is 5.56 Å². The number of nitrogens with zero attached hydrogens (tertiary/aromatic N) is 1. The second-order valence-corrected chi connectivity index (χ2v) is 7.05. The van der Waals surface area contributed by atoms with E-state index >= 15 is 0 Å². The molecule has 1 heterocycles. The van der Waals surface area contributed by atoms with Crippen molar-refractivity contribution in [2.45, 2.75) is 12.6 Å². The number of amides is 1. The molecule has 0 saturated carbocycles. The third kappa shape index (κ3) is 4.14. The number of benzodiazepines with no additional fused rings is 1. The SMILES string of the molecule is O=C1Nc2ccc(Cl)cc2C(c2ccccc2)=NC1NCCc1ccccc1. The van der Waals surface area contributed by atoms with Crippen molar-refractivity contribution in [2.24, 2.45) is 4.99 Å². The van der Waals surface area contributed by atoms with E-state index in [1.807, 2.05) is 60.7 Å². The van der Waals surface area contributed by atoms with Crippen molar-refractivity contribution in [1.82, 2.24) is 5.32 Å². The maximum Gasteiger partial charge on any atom is 0.263 e. The van der Waals surface area contributed by atoms with Gasteiger partial charge in [-0.05, 0) is 30.2 Å². The van der Waals surface area contributed by atoms with Crippen molar-refractivity contribution in [1.29, 1.82) is 0 Å². The molecule has 4 nitrogen and oxygen atoms in total. The predicted molar refractivity (Wildman–Crippen MR) is 114 cm³/mol. The lowest BCUT2D eigenvalue weighted by Gasteiger charge is -2.13. The molecule has 3 aromatic carbocycles. The maximum absolute atomic E-state index is 12.8. The summed E-state index contributed by atoms with van der Waals surface area (Å²) >= 11 is 6.22. The molecule has 2 N–H and O–H groups in total. The van der Waals surface area contributed by atoms with Crippen LogP contribution >= 0.6 is 11.6 Å². The smallest absolute Gasteiger partial charge is 0.263 e. The number of benzene rings is 3. The average molecular weight is 390 g/mol. The third-order valence-electron chi connectivity index (χ3n) is 4.64. The van der Waals surface area contributed by atoms with Gasteiger partial charge < -0.3 is 5.32 Å². The zero-order valence-electron chi connectivity index (χ0n) is 15.2. The maximum atomic E-state index is 12.8. The van der Waals surface area contributed by atoms with E-state index in [0.717, 1.165) is 23.3 Å². The van der Waals surface area contributed by atoms with Gasteiger partial charge >= 0.3 is 0 Å². The molecule has 0 radical (unpaired) electrons. The summed E-state index contributed by atoms with van der Waals surface area (Å²) in [7, 11) is 0. The summed E-state index contributed by atoms with van der Waals surface area (Å²) in [5, 5.41) is 6.85. The van der Waals surface area contributed by atoms with Crippen LogP contribution in [0.3, 0.4) is 0 Å². The van der Waals surface area contributed by atoms with Crippen LogP contribution in [0.5, 0.6) is 0 Å². The Labute approximate surface area is 169 Å². The molecule has 1 amide bonds. The van der Waals surface area contributed by atoms with Crippen molar-refractivity contribution in [3.63, 3.8) is 0 Å². The van der Waals surface area contributed by atoms with Crippen LogP contribution in [-0.4, -0.2) is 24.3 Å². The second-order valence-electron chi connectivity index (χ2n) is 6.62. The third-order valence-corrected chi connectivity index (χ3v) is 4.88. The highest BCUT2D eigenvalue weighted by atomic mass is 35.5. The standard InChI is InChI=1S/C23H20ClN3O/c24-18-11-12-20-19(15-18)21(17-9-5-2-6-10-17)27-22(23(28)26-20)25-14-13-16-7-3-1-4-8-16/h1-12,15,22,25H,13-14H2,(H,26,28). The highest BCUT2D eigenvalue weighted by molar-refractivity contribution is 6.32. The first kappa shape index (κ1) is 18.4. The molecule has 1 aliphatic rings. The Morgan fingerprint density at radius 1 is 0.964 bits per heavy atom. The van der Waals surface area contributed by atoms with Crippen LogP contribution in [-0.2, 0) is 11.2 Å². The summed E-state index contributed by atoms with van der Waals surface area (Å²) in [4.78, 5) is 17.5. The van der Waals surface area contributed by atoms with E-state index in [9.17, 15) is 4.79 Å². The number of aliphatic imine (C=N–C) groups is 1. The van der Waals surface area contributed by atoms with Gasteiger partial charge in [-0.15, -0.1) is 0 Å². The summed E-state index contributed by atoms with van der Waals surface area (Å²) in [6.45, 7) is 0.644. The van der Waals surface area contributed by atoms with Crippen LogP contribution in [0.25, 0.3) is 0 Å². The van der Waals surface area contributed by atoms with Gasteiger partial charge in [0, 0.05) is 22.7 Å². The molecule has 0 fully saturated rings. The molecule has 28 heavy (non-hydrogen) atoms. The largest absolute Gasteiger partial charge is 0.322 e. The topological polar surface area (TPSA) is 53.5 Å². The average Bonchev–Trinajstić information content (AvgIpc) is 2.86. The molecule has 0 spiro atoms. The highest BCUT2D eigenvalue weighted by Gasteiger charge is 2.25. The molecule has 0 saturated heterocycles. The molecule has 5 heteroatoms. The lowest BCUT2D eigenvalue weighted by atomic mass is 10.0. The highest BCUT2D eigenvalue weighted by Crippen LogP contribution is 2.27. The van der Waals surface area contributed by atoms with Crippen molar-refractivity contribution < 1.29 is 4.79 Å². The molecular formula is C23H20ClN3O. The minimum absolute atomic E-state index is 0.178. The summed E-state index contributed by atoms with van der Waals surface area (Å²) in [6, 6.07) is 25.5. The number of hydrogen-bond acceptors (Lipinski definition) is 3. The Hall–Kier alpha value is -2.95. The fourth-order valence-electron chi connectivity index (χ4n) is 3.24. The van der Waals surface area contributed by atoms with Gasteiger partial charge in [0.2, 0.25) is 0 Å². The quantitative estimate of drug-likeness (QED) is 0.684. The van der Waals surface area contributed by atoms with E-state index in [2.05, 4.69) is 22.8 Å². The fraction of sp³-hybridized carbons (Fsp3) is 0.130. The molecule has 140 valence electrons. The van der Waals surface area contributed by atoms with Crippen molar-refractivity contribution in [3.05, 3.63) is 101 Å². The lowest BCUT2D eigenvalue weighted by molar-refractivity contribution is -0.117. The Morgan fingerprint density at radius 3 is 2.43 bits per heavy atom. The fourth-order valence-corrected chi connectivity index (χ4v) is 3.41. The first-order chi connectivity index (χ1) is 13.7. The molecule has 1 atom stereocenters. The van der Waals surface area contributed by atoms with E-state index < -0.39 is 6.17 Å². The van der Waals surface area contributed by atoms with E-state index in [4.69, 9.17) is 16.6 Å². The normalized spacial score (nSPS) is 16.0. The Morgan fingerprint density at radius 2 is 1.68 bits per heavy atom. The van der Waals surface area contributed by atoms with E-state index in [1.54, 1.807) is 6.07 Å². The molecule has 1 aliphatic heterocycles. The van der Waals surface area contributed by atoms with Gasteiger partial charge in [0.15, 0.2) is 6.17 Å². The van der Waals surface area contributed by atoms with Crippen molar-refractivity contribution in [2.75, 3.05) is 11.9 Å². The zero-order chi connectivity index (χ0) is 19.3. The number of carbonyl (C=O) groups excluding carboxylic acids is 1. The minimum atomic E-state index is -0.676. The first-order valence-corrected chi connectivity index (χ1v) is 9.60. The van der Waals surface area contributed by atoms with Crippen LogP contribution in [0.1, 0.15) is 16.7 Å². The number of fused-ring (bicyclic) bond motifs is 1. The van der Waals surface area contributed by atoms with Gasteiger partial charge in [0.05, 0.1) is 11.4 Å². The van der Waals surface area contributed by atoms with Crippen LogP contribution < -0.4 is 10.6 Å². The minimum Gasteiger partial charge on any atom is -0.322 e. The van der Waals surface area contributed by atoms with Gasteiger partial charge in [-0.25, -0.2) is 0 Å². The van der Waals surface area contributed by atoms with Crippen LogP contribution in [0.4, 0.5) is 5.69 Å². The molecule has 0 aromatic heterocycles. The first-order valence-electron chi connectivity index (χ1n) is 9.22. The summed E-state index contributed by atoms with van der Waals surface area (Å²) in [5.41, 5.74) is 4.43. The summed E-state index contributed by atoms with van der Waals surface area (Å²) in [6.07, 6.45) is 0.143. The Bertz CT molecular complexity index is 1000. The summed E-state index contributed by atoms with van der Waals surface area (Å²) < 4.78 is 0. The van der Waals surface area contributed by atoms with Crippen LogP contribution in [0, 0.1) is 0 Å². The van der Waals surface area contributed by atoms with Gasteiger partial charge in [0.1, 0.15) is 0 Å². The number of hydrogen-bond donors (Lipinski definition) is 2. The van der Waals surface area contributed by atoms with Gasteiger partial charge in [0.25, 0.3) is 5.91 Å². The number of nitrogens with one attached hydrogen (secondary N) is 2. The van der Waals surface area contributed by atoms with Crippen molar-refractivity contribution >= 4 is 28.9 Å². The van der Waals surface area contributed by atoms with Crippen LogP contribution in [0.2, 0.25) is 5.02 Å². The predicted octanol–water partition coefficient (Wildman–Crippen LogP) is 4.29. The monoisotopic (exact) mass is 389 g/mol. The lowest BCUT2D eigenvalue weighted by Crippen LogP contribution is -2.39. The molecule has 3 aromatic rings. The molecular weight excluding hydrogens is 370 g/mol.